The van der Waals surface area contributed by atoms with E-state index in [1.807, 2.05) is 61.5 Å². The molecular weight excluding hydrogens is 222 g/mol. The lowest BCUT2D eigenvalue weighted by Crippen LogP contribution is -1.99. The number of benzene rings is 2. The normalized spacial score (nSPS) is 11.6. The second-order valence-electron chi connectivity index (χ2n) is 4.12. The van der Waals surface area contributed by atoms with Gasteiger partial charge in [0.1, 0.15) is 12.4 Å². The summed E-state index contributed by atoms with van der Waals surface area (Å²) in [5, 5.41) is 0. The molecule has 2 aromatic rings. The van der Waals surface area contributed by atoms with Crippen molar-refractivity contribution in [3.8, 4) is 5.75 Å². The molecule has 2 aromatic carbocycles. The summed E-state index contributed by atoms with van der Waals surface area (Å²) in [5.74, 6) is 0.796. The van der Waals surface area contributed by atoms with E-state index < -0.39 is 0 Å². The van der Waals surface area contributed by atoms with E-state index in [4.69, 9.17) is 11.3 Å². The van der Waals surface area contributed by atoms with Crippen molar-refractivity contribution >= 4 is 0 Å². The quantitative estimate of drug-likeness (QED) is 0.725. The van der Waals surface area contributed by atoms with Gasteiger partial charge < -0.3 is 9.58 Å². The van der Waals surface area contributed by atoms with Crippen LogP contribution in [0.15, 0.2) is 54.6 Å². The van der Waals surface area contributed by atoms with Crippen LogP contribution in [0.2, 0.25) is 0 Å². The lowest BCUT2D eigenvalue weighted by molar-refractivity contribution is 0.302. The van der Waals surface area contributed by atoms with E-state index in [1.54, 1.807) is 0 Å². The predicted molar refractivity (Wildman–Crippen MR) is 72.2 cm³/mol. The highest BCUT2D eigenvalue weighted by molar-refractivity contribution is 5.37. The Hall–Kier alpha value is -2.27. The van der Waals surface area contributed by atoms with Gasteiger partial charge in [0, 0.05) is 6.92 Å². The Morgan fingerprint density at radius 1 is 1.06 bits per heavy atom. The maximum absolute atomic E-state index is 7.11. The van der Waals surface area contributed by atoms with Crippen molar-refractivity contribution in [1.29, 1.82) is 0 Å². The Labute approximate surface area is 108 Å². The molecule has 1 unspecified atom stereocenters. The van der Waals surface area contributed by atoms with Crippen LogP contribution in [-0.2, 0) is 6.61 Å². The van der Waals surface area contributed by atoms with Gasteiger partial charge in [0.25, 0.3) is 0 Å². The second-order valence-corrected chi connectivity index (χ2v) is 4.12. The maximum Gasteiger partial charge on any atom is 0.249 e. The highest BCUT2D eigenvalue weighted by Crippen LogP contribution is 2.27. The Morgan fingerprint density at radius 2 is 1.72 bits per heavy atom. The van der Waals surface area contributed by atoms with Crippen molar-refractivity contribution in [2.45, 2.75) is 19.6 Å². The zero-order valence-corrected chi connectivity index (χ0v) is 10.3. The zero-order valence-electron chi connectivity index (χ0n) is 10.3. The molecular formula is C16H15NO. The minimum Gasteiger partial charge on any atom is -0.488 e. The monoisotopic (exact) mass is 237 g/mol. The first kappa shape index (κ1) is 12.2. The Balaban J connectivity index is 2.13. The molecule has 0 heterocycles. The molecule has 18 heavy (non-hydrogen) atoms. The minimum absolute atomic E-state index is 0.169. The van der Waals surface area contributed by atoms with E-state index in [1.165, 1.54) is 0 Å². The van der Waals surface area contributed by atoms with Crippen molar-refractivity contribution in [3.63, 3.8) is 0 Å². The zero-order chi connectivity index (χ0) is 12.8. The molecule has 0 aromatic heterocycles. The van der Waals surface area contributed by atoms with Crippen molar-refractivity contribution in [3.05, 3.63) is 77.1 Å². The summed E-state index contributed by atoms with van der Waals surface area (Å²) in [4.78, 5) is 3.54. The second kappa shape index (κ2) is 5.88. The standard InChI is InChI=1S/C16H15NO/c1-13(17-2)15-10-6-7-11-16(15)18-12-14-8-4-3-5-9-14/h3-11,13H,12H2,1H3. The summed E-state index contributed by atoms with van der Waals surface area (Å²) in [6, 6.07) is 17.6. The van der Waals surface area contributed by atoms with E-state index in [0.29, 0.717) is 6.61 Å². The summed E-state index contributed by atoms with van der Waals surface area (Å²) in [6.45, 7) is 9.53. The van der Waals surface area contributed by atoms with Crippen LogP contribution in [0.4, 0.5) is 0 Å². The number of para-hydroxylation sites is 1. The molecule has 0 saturated heterocycles. The van der Waals surface area contributed by atoms with Crippen LogP contribution in [0, 0.1) is 6.57 Å². The summed E-state index contributed by atoms with van der Waals surface area (Å²) in [6.07, 6.45) is 0. The average Bonchev–Trinajstić information content (AvgIpc) is 2.45. The molecule has 0 aliphatic rings. The van der Waals surface area contributed by atoms with Gasteiger partial charge in [-0.05, 0) is 17.7 Å². The molecule has 2 nitrogen and oxygen atoms in total. The van der Waals surface area contributed by atoms with Gasteiger partial charge in [-0.2, -0.15) is 0 Å². The number of hydrogen-bond acceptors (Lipinski definition) is 1. The third-order valence-corrected chi connectivity index (χ3v) is 2.80. The van der Waals surface area contributed by atoms with Gasteiger partial charge >= 0.3 is 0 Å². The summed E-state index contributed by atoms with van der Waals surface area (Å²) in [7, 11) is 0. The molecule has 2 heteroatoms. The fourth-order valence-electron chi connectivity index (χ4n) is 1.76. The van der Waals surface area contributed by atoms with E-state index in [2.05, 4.69) is 4.85 Å². The van der Waals surface area contributed by atoms with Crippen LogP contribution in [0.5, 0.6) is 5.75 Å². The van der Waals surface area contributed by atoms with Crippen LogP contribution in [0.25, 0.3) is 4.85 Å². The number of hydrogen-bond donors (Lipinski definition) is 0. The Bertz CT molecular complexity index is 543. The third kappa shape index (κ3) is 2.89. The van der Waals surface area contributed by atoms with Gasteiger partial charge in [-0.3, -0.25) is 0 Å². The van der Waals surface area contributed by atoms with Gasteiger partial charge in [-0.1, -0.05) is 42.5 Å². The molecule has 0 N–H and O–H groups in total. The smallest absolute Gasteiger partial charge is 0.249 e. The topological polar surface area (TPSA) is 13.6 Å². The number of nitrogens with zero attached hydrogens (tertiary/aromatic N) is 1. The SMILES string of the molecule is [C-]#[N+]C(C)c1ccccc1OCc1ccccc1. The van der Waals surface area contributed by atoms with Crippen LogP contribution in [-0.4, -0.2) is 0 Å². The van der Waals surface area contributed by atoms with Crippen LogP contribution < -0.4 is 4.74 Å². The summed E-state index contributed by atoms with van der Waals surface area (Å²) >= 11 is 0. The van der Waals surface area contributed by atoms with Crippen molar-refractivity contribution < 1.29 is 4.74 Å². The first-order chi connectivity index (χ1) is 8.81. The molecule has 1 atom stereocenters. The number of ether oxygens (including phenoxy) is 1. The lowest BCUT2D eigenvalue weighted by Gasteiger charge is -2.10. The van der Waals surface area contributed by atoms with E-state index in [0.717, 1.165) is 16.9 Å². The molecule has 0 fully saturated rings. The van der Waals surface area contributed by atoms with Gasteiger partial charge in [0.2, 0.25) is 6.04 Å². The third-order valence-electron chi connectivity index (χ3n) is 2.80. The molecule has 90 valence electrons. The number of rotatable bonds is 4. The van der Waals surface area contributed by atoms with Crippen LogP contribution in [0.1, 0.15) is 24.1 Å². The highest BCUT2D eigenvalue weighted by Gasteiger charge is 2.14. The lowest BCUT2D eigenvalue weighted by atomic mass is 10.1. The Morgan fingerprint density at radius 3 is 2.44 bits per heavy atom. The van der Waals surface area contributed by atoms with Crippen molar-refractivity contribution in [2.75, 3.05) is 0 Å². The fourth-order valence-corrected chi connectivity index (χ4v) is 1.76. The molecule has 2 rings (SSSR count). The van der Waals surface area contributed by atoms with Gasteiger partial charge in [-0.25, -0.2) is 6.57 Å². The average molecular weight is 237 g/mol. The molecule has 0 radical (unpaired) electrons. The van der Waals surface area contributed by atoms with E-state index in [9.17, 15) is 0 Å². The van der Waals surface area contributed by atoms with Crippen LogP contribution >= 0.6 is 0 Å². The first-order valence-corrected chi connectivity index (χ1v) is 5.93. The molecule has 0 aliphatic carbocycles. The molecule has 0 amide bonds. The maximum atomic E-state index is 7.11. The molecule has 0 spiro atoms. The van der Waals surface area contributed by atoms with Crippen molar-refractivity contribution in [2.24, 2.45) is 0 Å². The van der Waals surface area contributed by atoms with Gasteiger partial charge in [-0.15, -0.1) is 0 Å². The fraction of sp³-hybridized carbons (Fsp3) is 0.188. The predicted octanol–water partition coefficient (Wildman–Crippen LogP) is 4.25. The molecule has 0 aliphatic heterocycles. The van der Waals surface area contributed by atoms with Gasteiger partial charge in [0.05, 0.1) is 5.56 Å². The van der Waals surface area contributed by atoms with E-state index >= 15 is 0 Å². The molecule has 0 bridgehead atoms. The Kier molecular flexibility index (Phi) is 3.98. The largest absolute Gasteiger partial charge is 0.488 e. The van der Waals surface area contributed by atoms with Gasteiger partial charge in [0.15, 0.2) is 0 Å². The highest BCUT2D eigenvalue weighted by atomic mass is 16.5. The van der Waals surface area contributed by atoms with E-state index in [-0.39, 0.29) is 6.04 Å². The van der Waals surface area contributed by atoms with Crippen molar-refractivity contribution in [1.82, 2.24) is 0 Å². The first-order valence-electron chi connectivity index (χ1n) is 5.93. The minimum atomic E-state index is -0.169. The van der Waals surface area contributed by atoms with Crippen LogP contribution in [0.3, 0.4) is 0 Å². The molecule has 0 saturated carbocycles. The summed E-state index contributed by atoms with van der Waals surface area (Å²) in [5.41, 5.74) is 2.08. The summed E-state index contributed by atoms with van der Waals surface area (Å²) < 4.78 is 5.80.